The maximum Gasteiger partial charge on any atom is 0.225 e. The van der Waals surface area contributed by atoms with Gasteiger partial charge in [-0.05, 0) is 12.1 Å². The van der Waals surface area contributed by atoms with Crippen molar-refractivity contribution in [3.63, 3.8) is 0 Å². The molecule has 2 aromatic rings. The van der Waals surface area contributed by atoms with Gasteiger partial charge >= 0.3 is 0 Å². The summed E-state index contributed by atoms with van der Waals surface area (Å²) in [5.74, 6) is 0.905. The van der Waals surface area contributed by atoms with E-state index in [-0.39, 0.29) is 5.95 Å². The second-order valence-corrected chi connectivity index (χ2v) is 4.19. The fraction of sp³-hybridized carbons (Fsp3) is 0.0909. The summed E-state index contributed by atoms with van der Waals surface area (Å²) in [5, 5.41) is 3.95. The summed E-state index contributed by atoms with van der Waals surface area (Å²) in [4.78, 5) is 7.89. The van der Waals surface area contributed by atoms with Crippen LogP contribution in [0, 0.1) is 0 Å². The second kappa shape index (κ2) is 5.29. The Hall–Kier alpha value is -1.72. The van der Waals surface area contributed by atoms with E-state index in [4.69, 9.17) is 33.7 Å². The minimum absolute atomic E-state index is 0.0972. The molecule has 0 aliphatic heterocycles. The standard InChI is InChI=1S/C11H10Cl2N4O/c1-18-9-5-8(16-11(14)17-9)15-10-6(12)3-2-4-7(10)13/h2-5H,1H3,(H3,14,15,16,17). The van der Waals surface area contributed by atoms with E-state index in [2.05, 4.69) is 15.3 Å². The monoisotopic (exact) mass is 284 g/mol. The van der Waals surface area contributed by atoms with Crippen LogP contribution in [-0.4, -0.2) is 17.1 Å². The topological polar surface area (TPSA) is 73.1 Å². The van der Waals surface area contributed by atoms with Crippen molar-refractivity contribution in [1.82, 2.24) is 9.97 Å². The van der Waals surface area contributed by atoms with Gasteiger partial charge in [0.05, 0.1) is 22.8 Å². The molecule has 0 bridgehead atoms. The van der Waals surface area contributed by atoms with Crippen LogP contribution in [0.5, 0.6) is 5.88 Å². The van der Waals surface area contributed by atoms with Gasteiger partial charge in [-0.1, -0.05) is 29.3 Å². The normalized spacial score (nSPS) is 10.2. The Balaban J connectivity index is 2.37. The first-order chi connectivity index (χ1) is 8.60. The lowest BCUT2D eigenvalue weighted by atomic mass is 10.3. The molecule has 0 unspecified atom stereocenters. The first kappa shape index (κ1) is 12.7. The highest BCUT2D eigenvalue weighted by atomic mass is 35.5. The third-order valence-corrected chi connectivity index (χ3v) is 2.77. The van der Waals surface area contributed by atoms with Gasteiger partial charge in [0, 0.05) is 6.07 Å². The van der Waals surface area contributed by atoms with Crippen LogP contribution in [0.4, 0.5) is 17.5 Å². The molecule has 94 valence electrons. The predicted octanol–water partition coefficient (Wildman–Crippen LogP) is 3.12. The average molecular weight is 285 g/mol. The van der Waals surface area contributed by atoms with Crippen molar-refractivity contribution in [2.75, 3.05) is 18.2 Å². The van der Waals surface area contributed by atoms with Gasteiger partial charge in [0.25, 0.3) is 0 Å². The van der Waals surface area contributed by atoms with Crippen LogP contribution < -0.4 is 15.8 Å². The lowest BCUT2D eigenvalue weighted by Gasteiger charge is -2.10. The minimum atomic E-state index is 0.0972. The first-order valence-electron chi connectivity index (χ1n) is 4.99. The molecule has 1 aromatic heterocycles. The first-order valence-corrected chi connectivity index (χ1v) is 5.75. The van der Waals surface area contributed by atoms with Gasteiger partial charge in [-0.2, -0.15) is 9.97 Å². The van der Waals surface area contributed by atoms with Crippen molar-refractivity contribution in [2.45, 2.75) is 0 Å². The third kappa shape index (κ3) is 2.75. The Labute approximate surface area is 114 Å². The maximum atomic E-state index is 6.04. The van der Waals surface area contributed by atoms with E-state index in [0.717, 1.165) is 0 Å². The van der Waals surface area contributed by atoms with Gasteiger partial charge in [0.2, 0.25) is 11.8 Å². The van der Waals surface area contributed by atoms with E-state index in [1.807, 2.05) is 0 Å². The molecule has 2 rings (SSSR count). The average Bonchev–Trinajstić information content (AvgIpc) is 2.33. The molecule has 18 heavy (non-hydrogen) atoms. The van der Waals surface area contributed by atoms with E-state index >= 15 is 0 Å². The van der Waals surface area contributed by atoms with Crippen LogP contribution in [0.15, 0.2) is 24.3 Å². The molecule has 1 heterocycles. The largest absolute Gasteiger partial charge is 0.481 e. The molecule has 0 spiro atoms. The highest BCUT2D eigenvalue weighted by Gasteiger charge is 2.08. The van der Waals surface area contributed by atoms with E-state index < -0.39 is 0 Å². The summed E-state index contributed by atoms with van der Waals surface area (Å²) >= 11 is 12.1. The number of hydrogen-bond acceptors (Lipinski definition) is 5. The SMILES string of the molecule is COc1cc(Nc2c(Cl)cccc2Cl)nc(N)n1. The van der Waals surface area contributed by atoms with E-state index in [1.54, 1.807) is 24.3 Å². The van der Waals surface area contributed by atoms with Crippen molar-refractivity contribution in [1.29, 1.82) is 0 Å². The Kier molecular flexibility index (Phi) is 3.74. The van der Waals surface area contributed by atoms with Crippen LogP contribution >= 0.6 is 23.2 Å². The number of nitrogens with zero attached hydrogens (tertiary/aromatic N) is 2. The number of methoxy groups -OCH3 is 1. The number of benzene rings is 1. The summed E-state index contributed by atoms with van der Waals surface area (Å²) in [6, 6.07) is 6.79. The quantitative estimate of drug-likeness (QED) is 0.906. The molecule has 0 atom stereocenters. The number of anilines is 3. The van der Waals surface area contributed by atoms with Gasteiger partial charge in [-0.3, -0.25) is 0 Å². The zero-order valence-corrected chi connectivity index (χ0v) is 11.0. The van der Waals surface area contributed by atoms with Crippen LogP contribution in [0.25, 0.3) is 0 Å². The Morgan fingerprint density at radius 3 is 2.50 bits per heavy atom. The number of nitrogens with one attached hydrogen (secondary N) is 1. The second-order valence-electron chi connectivity index (χ2n) is 3.38. The van der Waals surface area contributed by atoms with E-state index in [9.17, 15) is 0 Å². The molecule has 3 N–H and O–H groups in total. The number of ether oxygens (including phenoxy) is 1. The summed E-state index contributed by atoms with van der Waals surface area (Å²) in [6.45, 7) is 0. The van der Waals surface area contributed by atoms with Crippen LogP contribution in [0.1, 0.15) is 0 Å². The Bertz CT molecular complexity index is 557. The molecule has 0 fully saturated rings. The van der Waals surface area contributed by atoms with Gasteiger partial charge in [0.1, 0.15) is 5.82 Å². The predicted molar refractivity (Wildman–Crippen MR) is 72.7 cm³/mol. The van der Waals surface area contributed by atoms with E-state index in [1.165, 1.54) is 7.11 Å². The summed E-state index contributed by atoms with van der Waals surface area (Å²) < 4.78 is 5.00. The Morgan fingerprint density at radius 1 is 1.22 bits per heavy atom. The molecular formula is C11H10Cl2N4O. The van der Waals surface area contributed by atoms with Gasteiger partial charge in [-0.25, -0.2) is 0 Å². The summed E-state index contributed by atoms with van der Waals surface area (Å²) in [5.41, 5.74) is 6.11. The highest BCUT2D eigenvalue weighted by Crippen LogP contribution is 2.32. The molecule has 0 radical (unpaired) electrons. The molecule has 0 aliphatic rings. The maximum absolute atomic E-state index is 6.04. The number of halogens is 2. The highest BCUT2D eigenvalue weighted by molar-refractivity contribution is 6.39. The fourth-order valence-electron chi connectivity index (χ4n) is 1.36. The van der Waals surface area contributed by atoms with Crippen molar-refractivity contribution in [3.8, 4) is 5.88 Å². The number of nitrogens with two attached hydrogens (primary N) is 1. The summed E-state index contributed by atoms with van der Waals surface area (Å²) in [7, 11) is 1.49. The van der Waals surface area contributed by atoms with Crippen molar-refractivity contribution >= 4 is 40.7 Å². The van der Waals surface area contributed by atoms with Crippen molar-refractivity contribution in [3.05, 3.63) is 34.3 Å². The van der Waals surface area contributed by atoms with Gasteiger partial charge in [0.15, 0.2) is 0 Å². The molecule has 0 saturated heterocycles. The Morgan fingerprint density at radius 2 is 1.89 bits per heavy atom. The molecule has 0 amide bonds. The van der Waals surface area contributed by atoms with Crippen LogP contribution in [0.2, 0.25) is 10.0 Å². The number of para-hydroxylation sites is 1. The summed E-state index contributed by atoms with van der Waals surface area (Å²) in [6.07, 6.45) is 0. The number of rotatable bonds is 3. The third-order valence-electron chi connectivity index (χ3n) is 2.14. The molecule has 0 saturated carbocycles. The number of nitrogen functional groups attached to an aromatic ring is 1. The fourth-order valence-corrected chi connectivity index (χ4v) is 1.85. The smallest absolute Gasteiger partial charge is 0.225 e. The van der Waals surface area contributed by atoms with E-state index in [0.29, 0.717) is 27.4 Å². The van der Waals surface area contributed by atoms with Crippen LogP contribution in [-0.2, 0) is 0 Å². The molecule has 0 aliphatic carbocycles. The molecular weight excluding hydrogens is 275 g/mol. The van der Waals surface area contributed by atoms with Gasteiger partial charge in [-0.15, -0.1) is 0 Å². The van der Waals surface area contributed by atoms with Crippen molar-refractivity contribution < 1.29 is 4.74 Å². The molecule has 5 nitrogen and oxygen atoms in total. The lowest BCUT2D eigenvalue weighted by Crippen LogP contribution is -2.02. The minimum Gasteiger partial charge on any atom is -0.481 e. The van der Waals surface area contributed by atoms with Gasteiger partial charge < -0.3 is 15.8 Å². The zero-order chi connectivity index (χ0) is 13.1. The number of hydrogen-bond donors (Lipinski definition) is 2. The zero-order valence-electron chi connectivity index (χ0n) is 9.45. The molecule has 7 heteroatoms. The van der Waals surface area contributed by atoms with Crippen LogP contribution in [0.3, 0.4) is 0 Å². The lowest BCUT2D eigenvalue weighted by molar-refractivity contribution is 0.398. The molecule has 1 aromatic carbocycles. The number of aromatic nitrogens is 2. The van der Waals surface area contributed by atoms with Crippen molar-refractivity contribution in [2.24, 2.45) is 0 Å².